The van der Waals surface area contributed by atoms with E-state index in [-0.39, 0.29) is 37.9 Å². The average Bonchev–Trinajstić information content (AvgIpc) is 2.55. The zero-order chi connectivity index (χ0) is 17.5. The van der Waals surface area contributed by atoms with Gasteiger partial charge in [-0.25, -0.2) is 0 Å². The number of nitrogens with zero attached hydrogens (tertiary/aromatic N) is 1. The highest BCUT2D eigenvalue weighted by Crippen LogP contribution is 2.18. The standard InChI is InChI=1S/C17H25NO5/c1-17(2,12-19)18(10-9-16(21)23-4)15(20)11-13-5-7-14(22-3)8-6-13/h5-8,19H,9-12H2,1-4H3. The lowest BCUT2D eigenvalue weighted by Crippen LogP contribution is -2.51. The molecule has 0 unspecified atom stereocenters. The van der Waals surface area contributed by atoms with Crippen molar-refractivity contribution in [3.05, 3.63) is 29.8 Å². The molecular formula is C17H25NO5. The normalized spacial score (nSPS) is 11.0. The van der Waals surface area contributed by atoms with Gasteiger partial charge in [0.1, 0.15) is 5.75 Å². The third-order valence-corrected chi connectivity index (χ3v) is 3.70. The maximum Gasteiger partial charge on any atom is 0.307 e. The third kappa shape index (κ3) is 5.56. The summed E-state index contributed by atoms with van der Waals surface area (Å²) < 4.78 is 9.71. The zero-order valence-corrected chi connectivity index (χ0v) is 14.2. The minimum atomic E-state index is -0.752. The molecule has 23 heavy (non-hydrogen) atoms. The second kappa shape index (κ2) is 8.53. The highest BCUT2D eigenvalue weighted by atomic mass is 16.5. The van der Waals surface area contributed by atoms with Crippen molar-refractivity contribution in [2.75, 3.05) is 27.4 Å². The Morgan fingerprint density at radius 3 is 2.26 bits per heavy atom. The molecule has 1 aromatic rings. The second-order valence-corrected chi connectivity index (χ2v) is 5.87. The van der Waals surface area contributed by atoms with E-state index in [1.54, 1.807) is 33.1 Å². The van der Waals surface area contributed by atoms with Crippen LogP contribution >= 0.6 is 0 Å². The van der Waals surface area contributed by atoms with E-state index in [2.05, 4.69) is 4.74 Å². The molecule has 1 N–H and O–H groups in total. The summed E-state index contributed by atoms with van der Waals surface area (Å²) in [5.74, 6) is 0.179. The first-order chi connectivity index (χ1) is 10.8. The molecule has 6 nitrogen and oxygen atoms in total. The summed E-state index contributed by atoms with van der Waals surface area (Å²) in [7, 11) is 2.89. The Bertz CT molecular complexity index is 524. The molecule has 1 aromatic carbocycles. The average molecular weight is 323 g/mol. The van der Waals surface area contributed by atoms with E-state index in [0.29, 0.717) is 0 Å². The van der Waals surface area contributed by atoms with Crippen molar-refractivity contribution >= 4 is 11.9 Å². The zero-order valence-electron chi connectivity index (χ0n) is 14.2. The molecule has 0 aliphatic carbocycles. The number of esters is 1. The fourth-order valence-electron chi connectivity index (χ4n) is 2.17. The van der Waals surface area contributed by atoms with Crippen LogP contribution in [0.1, 0.15) is 25.8 Å². The van der Waals surface area contributed by atoms with Crippen molar-refractivity contribution in [2.45, 2.75) is 32.2 Å². The van der Waals surface area contributed by atoms with Gasteiger partial charge in [-0.1, -0.05) is 12.1 Å². The van der Waals surface area contributed by atoms with Crippen molar-refractivity contribution in [3.8, 4) is 5.75 Å². The summed E-state index contributed by atoms with van der Waals surface area (Å²) in [5, 5.41) is 9.54. The van der Waals surface area contributed by atoms with Crippen molar-refractivity contribution in [1.29, 1.82) is 0 Å². The Balaban J connectivity index is 2.83. The number of rotatable bonds is 8. The monoisotopic (exact) mass is 323 g/mol. The molecule has 0 spiro atoms. The molecule has 128 valence electrons. The third-order valence-electron chi connectivity index (χ3n) is 3.70. The summed E-state index contributed by atoms with van der Waals surface area (Å²) in [4.78, 5) is 25.5. The molecule has 0 aliphatic heterocycles. The Kier molecular flexibility index (Phi) is 7.03. The van der Waals surface area contributed by atoms with Crippen LogP contribution < -0.4 is 4.74 Å². The van der Waals surface area contributed by atoms with Crippen LogP contribution in [0.3, 0.4) is 0 Å². The molecule has 0 aliphatic rings. The number of benzene rings is 1. The van der Waals surface area contributed by atoms with E-state index in [9.17, 15) is 14.7 Å². The van der Waals surface area contributed by atoms with Crippen LogP contribution in [0.15, 0.2) is 24.3 Å². The van der Waals surface area contributed by atoms with Gasteiger partial charge < -0.3 is 19.5 Å². The number of hydrogen-bond acceptors (Lipinski definition) is 5. The summed E-state index contributed by atoms with van der Waals surface area (Å²) >= 11 is 0. The van der Waals surface area contributed by atoms with Crippen molar-refractivity contribution in [2.24, 2.45) is 0 Å². The lowest BCUT2D eigenvalue weighted by atomic mass is 10.0. The number of carbonyl (C=O) groups excluding carboxylic acids is 2. The molecular weight excluding hydrogens is 298 g/mol. The smallest absolute Gasteiger partial charge is 0.307 e. The van der Waals surface area contributed by atoms with E-state index < -0.39 is 5.54 Å². The van der Waals surface area contributed by atoms with Gasteiger partial charge in [-0.15, -0.1) is 0 Å². The minimum Gasteiger partial charge on any atom is -0.497 e. The molecule has 0 aromatic heterocycles. The van der Waals surface area contributed by atoms with Gasteiger partial charge in [0.2, 0.25) is 5.91 Å². The molecule has 0 saturated heterocycles. The highest BCUT2D eigenvalue weighted by Gasteiger charge is 2.30. The summed E-state index contributed by atoms with van der Waals surface area (Å²) in [6.45, 7) is 3.53. The van der Waals surface area contributed by atoms with Gasteiger partial charge in [0.15, 0.2) is 0 Å². The molecule has 0 atom stereocenters. The molecule has 0 radical (unpaired) electrons. The first-order valence-corrected chi connectivity index (χ1v) is 7.45. The van der Waals surface area contributed by atoms with E-state index in [1.807, 2.05) is 12.1 Å². The van der Waals surface area contributed by atoms with Crippen molar-refractivity contribution in [1.82, 2.24) is 4.90 Å². The van der Waals surface area contributed by atoms with Crippen LogP contribution in [0.2, 0.25) is 0 Å². The number of ether oxygens (including phenoxy) is 2. The van der Waals surface area contributed by atoms with Crippen molar-refractivity contribution < 1.29 is 24.2 Å². The van der Waals surface area contributed by atoms with Gasteiger partial charge in [0, 0.05) is 6.54 Å². The number of aliphatic hydroxyl groups excluding tert-OH is 1. The fourth-order valence-corrected chi connectivity index (χ4v) is 2.17. The molecule has 0 bridgehead atoms. The lowest BCUT2D eigenvalue weighted by molar-refractivity contribution is -0.143. The Morgan fingerprint density at radius 2 is 1.78 bits per heavy atom. The quantitative estimate of drug-likeness (QED) is 0.732. The molecule has 1 amide bonds. The predicted molar refractivity (Wildman–Crippen MR) is 86.2 cm³/mol. The highest BCUT2D eigenvalue weighted by molar-refractivity contribution is 5.80. The summed E-state index contributed by atoms with van der Waals surface area (Å²) in [6.07, 6.45) is 0.281. The Morgan fingerprint density at radius 1 is 1.17 bits per heavy atom. The van der Waals surface area contributed by atoms with Gasteiger partial charge in [-0.2, -0.15) is 0 Å². The first-order valence-electron chi connectivity index (χ1n) is 7.45. The molecule has 0 saturated carbocycles. The Hall–Kier alpha value is -2.08. The van der Waals surface area contributed by atoms with E-state index >= 15 is 0 Å². The van der Waals surface area contributed by atoms with Crippen LogP contribution in [0.25, 0.3) is 0 Å². The van der Waals surface area contributed by atoms with Gasteiger partial charge >= 0.3 is 5.97 Å². The van der Waals surface area contributed by atoms with Crippen LogP contribution in [0, 0.1) is 0 Å². The lowest BCUT2D eigenvalue weighted by Gasteiger charge is -2.37. The van der Waals surface area contributed by atoms with Crippen LogP contribution in [-0.4, -0.2) is 54.8 Å². The Labute approximate surface area is 137 Å². The number of aliphatic hydroxyl groups is 1. The predicted octanol–water partition coefficient (Wildman–Crippen LogP) is 1.40. The van der Waals surface area contributed by atoms with Gasteiger partial charge in [0.25, 0.3) is 0 Å². The van der Waals surface area contributed by atoms with Gasteiger partial charge in [-0.05, 0) is 31.5 Å². The van der Waals surface area contributed by atoms with Gasteiger partial charge in [0.05, 0.1) is 39.2 Å². The molecule has 1 rings (SSSR count). The van der Waals surface area contributed by atoms with E-state index in [4.69, 9.17) is 4.74 Å². The number of methoxy groups -OCH3 is 2. The molecule has 6 heteroatoms. The van der Waals surface area contributed by atoms with E-state index in [1.165, 1.54) is 12.0 Å². The number of hydrogen-bond donors (Lipinski definition) is 1. The van der Waals surface area contributed by atoms with Crippen molar-refractivity contribution in [3.63, 3.8) is 0 Å². The second-order valence-electron chi connectivity index (χ2n) is 5.87. The minimum absolute atomic E-state index is 0.0916. The molecule has 0 heterocycles. The van der Waals surface area contributed by atoms with Crippen LogP contribution in [0.5, 0.6) is 5.75 Å². The SMILES string of the molecule is COC(=O)CCN(C(=O)Cc1ccc(OC)cc1)C(C)(C)CO. The molecule has 0 fully saturated rings. The van der Waals surface area contributed by atoms with E-state index in [0.717, 1.165) is 11.3 Å². The van der Waals surface area contributed by atoms with Crippen LogP contribution in [0.4, 0.5) is 0 Å². The summed E-state index contributed by atoms with van der Waals surface area (Å²) in [5.41, 5.74) is 0.0880. The van der Waals surface area contributed by atoms with Crippen LogP contribution in [-0.2, 0) is 20.7 Å². The topological polar surface area (TPSA) is 76.1 Å². The van der Waals surface area contributed by atoms with Gasteiger partial charge in [-0.3, -0.25) is 9.59 Å². The first kappa shape index (κ1) is 19.0. The maximum absolute atomic E-state index is 12.6. The largest absolute Gasteiger partial charge is 0.497 e. The number of amides is 1. The fraction of sp³-hybridized carbons (Fsp3) is 0.529. The summed E-state index contributed by atoms with van der Waals surface area (Å²) in [6, 6.07) is 7.22. The maximum atomic E-state index is 12.6. The number of carbonyl (C=O) groups is 2.